The Bertz CT molecular complexity index is 790. The summed E-state index contributed by atoms with van der Waals surface area (Å²) in [5.41, 5.74) is 0.892. The van der Waals surface area contributed by atoms with Gasteiger partial charge < -0.3 is 9.73 Å². The van der Waals surface area contributed by atoms with Crippen LogP contribution in [0.2, 0.25) is 5.02 Å². The molecule has 1 N–H and O–H groups in total. The molecule has 0 bridgehead atoms. The molecule has 0 atom stereocenters. The van der Waals surface area contributed by atoms with Gasteiger partial charge in [-0.25, -0.2) is 8.78 Å². The van der Waals surface area contributed by atoms with E-state index in [2.05, 4.69) is 15.5 Å². The van der Waals surface area contributed by atoms with Gasteiger partial charge in [-0.1, -0.05) is 11.6 Å². The molecule has 0 fully saturated rings. The van der Waals surface area contributed by atoms with Crippen LogP contribution < -0.4 is 5.32 Å². The maximum Gasteiger partial charge on any atom is 0.247 e. The van der Waals surface area contributed by atoms with Crippen molar-refractivity contribution in [3.8, 4) is 11.5 Å². The minimum absolute atomic E-state index is 0.128. The fourth-order valence-corrected chi connectivity index (χ4v) is 1.96. The first kappa shape index (κ1) is 14.5. The summed E-state index contributed by atoms with van der Waals surface area (Å²) >= 11 is 5.81. The van der Waals surface area contributed by atoms with Crippen LogP contribution in [-0.2, 0) is 6.54 Å². The third kappa shape index (κ3) is 3.23. The molecule has 0 amide bonds. The quantitative estimate of drug-likeness (QED) is 0.779. The maximum atomic E-state index is 13.5. The van der Waals surface area contributed by atoms with E-state index in [0.717, 1.165) is 11.6 Å². The van der Waals surface area contributed by atoms with Crippen molar-refractivity contribution in [1.82, 2.24) is 10.2 Å². The van der Waals surface area contributed by atoms with E-state index in [1.54, 1.807) is 24.3 Å². The molecule has 0 saturated heterocycles. The molecule has 2 aromatic carbocycles. The molecular formula is C15H10ClF2N3O. The zero-order valence-corrected chi connectivity index (χ0v) is 11.9. The standard InChI is InChI=1S/C15H10ClF2N3O/c16-10-3-1-9(2-4-10)15-21-20-14(22-15)8-19-13-6-5-11(17)7-12(13)18/h1-7,19H,8H2. The summed E-state index contributed by atoms with van der Waals surface area (Å²) < 4.78 is 31.8. The molecule has 4 nitrogen and oxygen atoms in total. The summed E-state index contributed by atoms with van der Waals surface area (Å²) in [6, 6.07) is 10.2. The Labute approximate surface area is 129 Å². The molecule has 0 unspecified atom stereocenters. The van der Waals surface area contributed by atoms with E-state index in [9.17, 15) is 8.78 Å². The topological polar surface area (TPSA) is 51.0 Å². The van der Waals surface area contributed by atoms with Gasteiger partial charge in [-0.15, -0.1) is 10.2 Å². The first-order valence-electron chi connectivity index (χ1n) is 6.39. The number of benzene rings is 2. The molecular weight excluding hydrogens is 312 g/mol. The van der Waals surface area contributed by atoms with Gasteiger partial charge in [-0.2, -0.15) is 0 Å². The highest BCUT2D eigenvalue weighted by atomic mass is 35.5. The predicted octanol–water partition coefficient (Wildman–Crippen LogP) is 4.28. The SMILES string of the molecule is Fc1ccc(NCc2nnc(-c3ccc(Cl)cc3)o2)c(F)c1. The molecule has 1 heterocycles. The van der Waals surface area contributed by atoms with Gasteiger partial charge in [0.2, 0.25) is 11.8 Å². The van der Waals surface area contributed by atoms with Crippen LogP contribution >= 0.6 is 11.6 Å². The molecule has 3 rings (SSSR count). The fourth-order valence-electron chi connectivity index (χ4n) is 1.84. The van der Waals surface area contributed by atoms with Gasteiger partial charge in [0.25, 0.3) is 0 Å². The minimum Gasteiger partial charge on any atom is -0.419 e. The van der Waals surface area contributed by atoms with Crippen LogP contribution in [0.5, 0.6) is 0 Å². The minimum atomic E-state index is -0.683. The number of hydrogen-bond donors (Lipinski definition) is 1. The van der Waals surface area contributed by atoms with Crippen molar-refractivity contribution in [2.45, 2.75) is 6.54 Å². The van der Waals surface area contributed by atoms with Crippen LogP contribution in [0.25, 0.3) is 11.5 Å². The van der Waals surface area contributed by atoms with Crippen molar-refractivity contribution < 1.29 is 13.2 Å². The number of halogens is 3. The zero-order chi connectivity index (χ0) is 15.5. The summed E-state index contributed by atoms with van der Waals surface area (Å²) in [6.07, 6.45) is 0. The second-order valence-corrected chi connectivity index (χ2v) is 4.92. The summed E-state index contributed by atoms with van der Waals surface area (Å²) in [7, 11) is 0. The normalized spacial score (nSPS) is 10.7. The third-order valence-electron chi connectivity index (χ3n) is 2.92. The van der Waals surface area contributed by atoms with Gasteiger partial charge in [0.05, 0.1) is 12.2 Å². The second-order valence-electron chi connectivity index (χ2n) is 4.49. The predicted molar refractivity (Wildman–Crippen MR) is 78.4 cm³/mol. The lowest BCUT2D eigenvalue weighted by atomic mass is 10.2. The Kier molecular flexibility index (Phi) is 4.02. The van der Waals surface area contributed by atoms with Crippen molar-refractivity contribution in [1.29, 1.82) is 0 Å². The van der Waals surface area contributed by atoms with Crippen molar-refractivity contribution in [2.75, 3.05) is 5.32 Å². The Morgan fingerprint density at radius 2 is 1.82 bits per heavy atom. The second kappa shape index (κ2) is 6.11. The Balaban J connectivity index is 1.70. The molecule has 0 spiro atoms. The van der Waals surface area contributed by atoms with E-state index in [0.29, 0.717) is 10.9 Å². The van der Waals surface area contributed by atoms with Crippen LogP contribution in [0.15, 0.2) is 46.9 Å². The molecule has 7 heteroatoms. The number of nitrogens with one attached hydrogen (secondary N) is 1. The number of nitrogens with zero attached hydrogens (tertiary/aromatic N) is 2. The van der Waals surface area contributed by atoms with E-state index >= 15 is 0 Å². The van der Waals surface area contributed by atoms with Crippen LogP contribution in [-0.4, -0.2) is 10.2 Å². The average Bonchev–Trinajstić information content (AvgIpc) is 2.96. The van der Waals surface area contributed by atoms with E-state index in [1.165, 1.54) is 12.1 Å². The van der Waals surface area contributed by atoms with Crippen molar-refractivity contribution in [3.05, 3.63) is 65.0 Å². The lowest BCUT2D eigenvalue weighted by Gasteiger charge is -2.04. The highest BCUT2D eigenvalue weighted by Gasteiger charge is 2.09. The van der Waals surface area contributed by atoms with Crippen LogP contribution in [0.4, 0.5) is 14.5 Å². The fraction of sp³-hybridized carbons (Fsp3) is 0.0667. The van der Waals surface area contributed by atoms with Crippen molar-refractivity contribution in [3.63, 3.8) is 0 Å². The molecule has 0 aliphatic rings. The monoisotopic (exact) mass is 321 g/mol. The lowest BCUT2D eigenvalue weighted by Crippen LogP contribution is -2.02. The van der Waals surface area contributed by atoms with Crippen LogP contribution in [0, 0.1) is 11.6 Å². The van der Waals surface area contributed by atoms with Gasteiger partial charge in [0, 0.05) is 16.7 Å². The van der Waals surface area contributed by atoms with Gasteiger partial charge in [-0.05, 0) is 36.4 Å². The summed E-state index contributed by atoms with van der Waals surface area (Å²) in [5.74, 6) is -0.690. The lowest BCUT2D eigenvalue weighted by molar-refractivity contribution is 0.514. The third-order valence-corrected chi connectivity index (χ3v) is 3.17. The Morgan fingerprint density at radius 3 is 2.55 bits per heavy atom. The molecule has 22 heavy (non-hydrogen) atoms. The number of rotatable bonds is 4. The highest BCUT2D eigenvalue weighted by molar-refractivity contribution is 6.30. The van der Waals surface area contributed by atoms with Crippen LogP contribution in [0.3, 0.4) is 0 Å². The number of aromatic nitrogens is 2. The number of hydrogen-bond acceptors (Lipinski definition) is 4. The summed E-state index contributed by atoms with van der Waals surface area (Å²) in [4.78, 5) is 0. The smallest absolute Gasteiger partial charge is 0.247 e. The van der Waals surface area contributed by atoms with E-state index in [-0.39, 0.29) is 18.1 Å². The molecule has 0 saturated carbocycles. The van der Waals surface area contributed by atoms with Crippen molar-refractivity contribution in [2.24, 2.45) is 0 Å². The molecule has 0 aliphatic heterocycles. The van der Waals surface area contributed by atoms with Gasteiger partial charge in [0.1, 0.15) is 11.6 Å². The number of anilines is 1. The van der Waals surface area contributed by atoms with Gasteiger partial charge in [0.15, 0.2) is 0 Å². The van der Waals surface area contributed by atoms with Gasteiger partial charge >= 0.3 is 0 Å². The maximum absolute atomic E-state index is 13.5. The average molecular weight is 322 g/mol. The molecule has 112 valence electrons. The first-order chi connectivity index (χ1) is 10.6. The first-order valence-corrected chi connectivity index (χ1v) is 6.77. The summed E-state index contributed by atoms with van der Waals surface area (Å²) in [5, 5.41) is 11.2. The Hall–Kier alpha value is -2.47. The summed E-state index contributed by atoms with van der Waals surface area (Å²) in [6.45, 7) is 0.128. The van der Waals surface area contributed by atoms with Gasteiger partial charge in [-0.3, -0.25) is 0 Å². The van der Waals surface area contributed by atoms with E-state index in [4.69, 9.17) is 16.0 Å². The largest absolute Gasteiger partial charge is 0.419 e. The Morgan fingerprint density at radius 1 is 1.05 bits per heavy atom. The zero-order valence-electron chi connectivity index (χ0n) is 11.2. The molecule has 1 aromatic heterocycles. The van der Waals surface area contributed by atoms with E-state index in [1.807, 2.05) is 0 Å². The van der Waals surface area contributed by atoms with Crippen molar-refractivity contribution >= 4 is 17.3 Å². The highest BCUT2D eigenvalue weighted by Crippen LogP contribution is 2.21. The molecule has 0 radical (unpaired) electrons. The van der Waals surface area contributed by atoms with E-state index < -0.39 is 11.6 Å². The molecule has 3 aromatic rings. The van der Waals surface area contributed by atoms with Crippen LogP contribution in [0.1, 0.15) is 5.89 Å². The molecule has 0 aliphatic carbocycles.